The smallest absolute Gasteiger partial charge is 0.251 e. The van der Waals surface area contributed by atoms with E-state index in [9.17, 15) is 9.59 Å². The van der Waals surface area contributed by atoms with E-state index in [1.165, 1.54) is 19.3 Å². The highest BCUT2D eigenvalue weighted by Crippen LogP contribution is 2.22. The van der Waals surface area contributed by atoms with Gasteiger partial charge in [0, 0.05) is 12.2 Å². The summed E-state index contributed by atoms with van der Waals surface area (Å²) in [6.07, 6.45) is 9.94. The lowest BCUT2D eigenvalue weighted by atomic mass is 9.96. The molecule has 7 nitrogen and oxygen atoms in total. The maximum atomic E-state index is 12.8. The Morgan fingerprint density at radius 1 is 1.04 bits per heavy atom. The summed E-state index contributed by atoms with van der Waals surface area (Å²) in [5.41, 5.74) is 7.58. The van der Waals surface area contributed by atoms with Crippen LogP contribution in [0.4, 0.5) is 0 Å². The summed E-state index contributed by atoms with van der Waals surface area (Å²) in [5, 5.41) is 7.77. The van der Waals surface area contributed by atoms with E-state index in [0.717, 1.165) is 31.2 Å². The monoisotopic (exact) mass is 369 g/mol. The Morgan fingerprint density at radius 3 is 2.48 bits per heavy atom. The summed E-state index contributed by atoms with van der Waals surface area (Å²) in [7, 11) is 0. The van der Waals surface area contributed by atoms with E-state index < -0.39 is 12.1 Å². The van der Waals surface area contributed by atoms with Gasteiger partial charge in [0.2, 0.25) is 5.91 Å². The molecule has 7 heteroatoms. The summed E-state index contributed by atoms with van der Waals surface area (Å²) in [4.78, 5) is 25.5. The fourth-order valence-electron chi connectivity index (χ4n) is 4.09. The Labute approximate surface area is 159 Å². The minimum atomic E-state index is -0.621. The topological polar surface area (TPSA) is 85.5 Å². The van der Waals surface area contributed by atoms with Crippen LogP contribution in [0.5, 0.6) is 0 Å². The molecule has 2 amide bonds. The molecule has 2 unspecified atom stereocenters. The summed E-state index contributed by atoms with van der Waals surface area (Å²) >= 11 is 0. The van der Waals surface area contributed by atoms with Crippen molar-refractivity contribution in [2.24, 2.45) is 0 Å². The third-order valence-corrected chi connectivity index (χ3v) is 5.58. The fraction of sp³-hybridized carbons (Fsp3) is 0.500. The highest BCUT2D eigenvalue weighted by atomic mass is 16.2. The molecule has 0 spiro atoms. The lowest BCUT2D eigenvalue weighted by Crippen LogP contribution is -2.56. The Bertz CT molecular complexity index is 712. The lowest BCUT2D eigenvalue weighted by molar-refractivity contribution is -0.130. The van der Waals surface area contributed by atoms with Gasteiger partial charge in [0.1, 0.15) is 6.04 Å². The lowest BCUT2D eigenvalue weighted by Gasteiger charge is -2.30. The molecule has 1 aliphatic carbocycles. The standard InChI is InChI=1S/C20H27N5O2/c26-19(21-15-11-7-2-1-3-8-12-15)17-18-20(27)22-16(13-25(18)24-23-17)14-9-5-4-6-10-14/h4-6,9-10,13,15,17-18,23-24H,1-3,7-8,11-12H2,(H,21,26)(H,22,27). The molecule has 0 bridgehead atoms. The predicted octanol–water partition coefficient (Wildman–Crippen LogP) is 1.41. The molecule has 1 saturated carbocycles. The van der Waals surface area contributed by atoms with Gasteiger partial charge in [-0.2, -0.15) is 5.53 Å². The van der Waals surface area contributed by atoms with E-state index in [0.29, 0.717) is 5.70 Å². The van der Waals surface area contributed by atoms with Crippen molar-refractivity contribution in [2.45, 2.75) is 63.1 Å². The van der Waals surface area contributed by atoms with Crippen LogP contribution >= 0.6 is 0 Å². The second kappa shape index (κ2) is 8.10. The van der Waals surface area contributed by atoms with Gasteiger partial charge in [0.05, 0.1) is 5.70 Å². The molecule has 144 valence electrons. The van der Waals surface area contributed by atoms with E-state index in [2.05, 4.69) is 21.6 Å². The van der Waals surface area contributed by atoms with E-state index in [-0.39, 0.29) is 17.9 Å². The maximum absolute atomic E-state index is 12.8. The molecular weight excluding hydrogens is 342 g/mol. The Balaban J connectivity index is 1.43. The van der Waals surface area contributed by atoms with Crippen LogP contribution in [-0.4, -0.2) is 34.9 Å². The Hall–Kier alpha value is -2.38. The molecule has 3 aliphatic rings. The van der Waals surface area contributed by atoms with Crippen LogP contribution < -0.4 is 21.6 Å². The highest BCUT2D eigenvalue weighted by molar-refractivity contribution is 5.98. The van der Waals surface area contributed by atoms with Gasteiger partial charge in [-0.15, -0.1) is 0 Å². The van der Waals surface area contributed by atoms with Crippen LogP contribution in [0, 0.1) is 0 Å². The average Bonchev–Trinajstić information content (AvgIpc) is 3.09. The van der Waals surface area contributed by atoms with Crippen molar-refractivity contribution in [2.75, 3.05) is 0 Å². The zero-order chi connectivity index (χ0) is 18.6. The van der Waals surface area contributed by atoms with E-state index in [1.807, 2.05) is 36.5 Å². The number of rotatable bonds is 3. The first-order valence-corrected chi connectivity index (χ1v) is 9.90. The molecule has 4 rings (SSSR count). The third-order valence-electron chi connectivity index (χ3n) is 5.58. The van der Waals surface area contributed by atoms with Crippen LogP contribution in [0.3, 0.4) is 0 Å². The summed E-state index contributed by atoms with van der Waals surface area (Å²) in [5.74, 6) is -0.307. The number of hydrazine groups is 2. The number of carbonyl (C=O) groups excluding carboxylic acids is 2. The highest BCUT2D eigenvalue weighted by Gasteiger charge is 2.45. The average molecular weight is 369 g/mol. The Morgan fingerprint density at radius 2 is 1.74 bits per heavy atom. The van der Waals surface area contributed by atoms with Crippen molar-refractivity contribution in [1.82, 2.24) is 26.6 Å². The minimum absolute atomic E-state index is 0.118. The van der Waals surface area contributed by atoms with Crippen LogP contribution in [0.2, 0.25) is 0 Å². The number of amides is 2. The fourth-order valence-corrected chi connectivity index (χ4v) is 4.09. The molecule has 0 aromatic heterocycles. The molecule has 1 aromatic carbocycles. The quantitative estimate of drug-likeness (QED) is 0.647. The third kappa shape index (κ3) is 3.99. The SMILES string of the molecule is O=C(NC1CCCCCCC1)C1NNN2C=C(c3ccccc3)NC(=O)C12. The molecule has 1 saturated heterocycles. The number of carbonyl (C=O) groups is 2. The summed E-state index contributed by atoms with van der Waals surface area (Å²) in [6.45, 7) is 0. The molecule has 2 aliphatic heterocycles. The van der Waals surface area contributed by atoms with Crippen LogP contribution in [0.1, 0.15) is 50.5 Å². The zero-order valence-corrected chi connectivity index (χ0v) is 15.4. The van der Waals surface area contributed by atoms with Gasteiger partial charge in [0.15, 0.2) is 6.04 Å². The molecule has 2 atom stereocenters. The second-order valence-corrected chi connectivity index (χ2v) is 7.53. The maximum Gasteiger partial charge on any atom is 0.251 e. The predicted molar refractivity (Wildman–Crippen MR) is 102 cm³/mol. The minimum Gasteiger partial charge on any atom is -0.352 e. The van der Waals surface area contributed by atoms with Crippen molar-refractivity contribution in [3.8, 4) is 0 Å². The van der Waals surface area contributed by atoms with Crippen LogP contribution in [-0.2, 0) is 9.59 Å². The normalized spacial score (nSPS) is 26.4. The van der Waals surface area contributed by atoms with E-state index in [4.69, 9.17) is 0 Å². The first kappa shape index (κ1) is 18.0. The number of hydrogen-bond acceptors (Lipinski definition) is 5. The molecule has 4 N–H and O–H groups in total. The van der Waals surface area contributed by atoms with Gasteiger partial charge in [-0.05, 0) is 18.4 Å². The van der Waals surface area contributed by atoms with Gasteiger partial charge in [-0.1, -0.05) is 62.4 Å². The number of nitrogens with one attached hydrogen (secondary N) is 4. The van der Waals surface area contributed by atoms with Gasteiger partial charge in [-0.25, -0.2) is 5.43 Å². The van der Waals surface area contributed by atoms with Crippen molar-refractivity contribution in [3.05, 3.63) is 42.1 Å². The molecule has 0 radical (unpaired) electrons. The molecule has 2 heterocycles. The van der Waals surface area contributed by atoms with Crippen LogP contribution in [0.15, 0.2) is 36.5 Å². The summed E-state index contributed by atoms with van der Waals surface area (Å²) < 4.78 is 0. The largest absolute Gasteiger partial charge is 0.352 e. The zero-order valence-electron chi connectivity index (χ0n) is 15.4. The number of hydrogen-bond donors (Lipinski definition) is 4. The summed E-state index contributed by atoms with van der Waals surface area (Å²) in [6, 6.07) is 8.64. The number of nitrogens with zero attached hydrogens (tertiary/aromatic N) is 1. The van der Waals surface area contributed by atoms with Crippen molar-refractivity contribution in [3.63, 3.8) is 0 Å². The van der Waals surface area contributed by atoms with Crippen molar-refractivity contribution >= 4 is 17.5 Å². The molecule has 27 heavy (non-hydrogen) atoms. The first-order chi connectivity index (χ1) is 13.2. The van der Waals surface area contributed by atoms with E-state index in [1.54, 1.807) is 5.01 Å². The second-order valence-electron chi connectivity index (χ2n) is 7.53. The molecular formula is C20H27N5O2. The van der Waals surface area contributed by atoms with Gasteiger partial charge >= 0.3 is 0 Å². The number of fused-ring (bicyclic) bond motifs is 1. The number of benzene rings is 1. The van der Waals surface area contributed by atoms with Gasteiger partial charge in [-0.3, -0.25) is 14.6 Å². The first-order valence-electron chi connectivity index (χ1n) is 9.90. The molecule has 2 fully saturated rings. The van der Waals surface area contributed by atoms with Gasteiger partial charge in [0.25, 0.3) is 5.91 Å². The molecule has 1 aromatic rings. The van der Waals surface area contributed by atoms with Crippen molar-refractivity contribution in [1.29, 1.82) is 0 Å². The Kier molecular flexibility index (Phi) is 5.40. The van der Waals surface area contributed by atoms with E-state index >= 15 is 0 Å². The van der Waals surface area contributed by atoms with Crippen molar-refractivity contribution < 1.29 is 9.59 Å². The van der Waals surface area contributed by atoms with Crippen LogP contribution in [0.25, 0.3) is 5.70 Å². The van der Waals surface area contributed by atoms with Gasteiger partial charge < -0.3 is 10.6 Å².